The summed E-state index contributed by atoms with van der Waals surface area (Å²) in [7, 11) is 1.76. The zero-order valence-electron chi connectivity index (χ0n) is 16.1. The Labute approximate surface area is 168 Å². The predicted octanol–water partition coefficient (Wildman–Crippen LogP) is 2.19. The van der Waals surface area contributed by atoms with Crippen LogP contribution in [0.4, 0.5) is 5.69 Å². The van der Waals surface area contributed by atoms with Crippen LogP contribution in [0.15, 0.2) is 67.0 Å². The van der Waals surface area contributed by atoms with Gasteiger partial charge in [-0.3, -0.25) is 14.3 Å². The normalized spacial score (nSPS) is 15.3. The summed E-state index contributed by atoms with van der Waals surface area (Å²) < 4.78 is 7.47. The van der Waals surface area contributed by atoms with Crippen LogP contribution in [-0.4, -0.2) is 40.8 Å². The van der Waals surface area contributed by atoms with Crippen LogP contribution in [0.5, 0.6) is 5.75 Å². The van der Waals surface area contributed by atoms with Gasteiger partial charge in [0.05, 0.1) is 24.0 Å². The van der Waals surface area contributed by atoms with E-state index in [4.69, 9.17) is 4.74 Å². The van der Waals surface area contributed by atoms with Crippen molar-refractivity contribution in [3.8, 4) is 5.75 Å². The number of hydrogen-bond acceptors (Lipinski definition) is 4. The molecule has 2 aromatic carbocycles. The third kappa shape index (κ3) is 4.13. The molecule has 4 rings (SSSR count). The monoisotopic (exact) mass is 390 g/mol. The largest absolute Gasteiger partial charge is 0.477 e. The molecular weight excluding hydrogens is 368 g/mol. The summed E-state index contributed by atoms with van der Waals surface area (Å²) in [6, 6.07) is 17.2. The van der Waals surface area contributed by atoms with Crippen LogP contribution >= 0.6 is 0 Å². The van der Waals surface area contributed by atoms with Crippen molar-refractivity contribution in [3.05, 3.63) is 78.1 Å². The second kappa shape index (κ2) is 8.18. The summed E-state index contributed by atoms with van der Waals surface area (Å²) in [5.41, 5.74) is 2.26. The van der Waals surface area contributed by atoms with Gasteiger partial charge < -0.3 is 15.0 Å². The molecule has 0 saturated heterocycles. The van der Waals surface area contributed by atoms with Gasteiger partial charge >= 0.3 is 0 Å². The minimum atomic E-state index is -0.777. The molecule has 1 aromatic heterocycles. The van der Waals surface area contributed by atoms with Crippen LogP contribution in [-0.2, 0) is 18.3 Å². The summed E-state index contributed by atoms with van der Waals surface area (Å²) in [5, 5.41) is 6.99. The Morgan fingerprint density at radius 3 is 2.66 bits per heavy atom. The maximum absolute atomic E-state index is 13.0. The zero-order chi connectivity index (χ0) is 20.2. The first-order valence-corrected chi connectivity index (χ1v) is 9.49. The van der Waals surface area contributed by atoms with Crippen LogP contribution in [0, 0.1) is 0 Å². The van der Waals surface area contributed by atoms with E-state index in [9.17, 15) is 9.59 Å². The molecule has 2 amide bonds. The molecule has 148 valence electrons. The van der Waals surface area contributed by atoms with E-state index < -0.39 is 6.10 Å². The first-order valence-electron chi connectivity index (χ1n) is 9.49. The molecule has 1 aliphatic heterocycles. The number of rotatable bonds is 5. The average molecular weight is 390 g/mol. The molecule has 1 atom stereocenters. The van der Waals surface area contributed by atoms with Gasteiger partial charge in [-0.2, -0.15) is 5.10 Å². The molecule has 2 heterocycles. The molecule has 1 aliphatic rings. The molecule has 0 bridgehead atoms. The number of nitrogens with one attached hydrogen (secondary N) is 1. The highest BCUT2D eigenvalue weighted by atomic mass is 16.5. The van der Waals surface area contributed by atoms with Gasteiger partial charge in [0.25, 0.3) is 11.8 Å². The highest BCUT2D eigenvalue weighted by Crippen LogP contribution is 2.34. The third-order valence-corrected chi connectivity index (χ3v) is 4.82. The molecule has 0 radical (unpaired) electrons. The molecule has 3 aromatic rings. The molecule has 0 fully saturated rings. The molecule has 7 nitrogen and oxygen atoms in total. The number of para-hydroxylation sites is 2. The summed E-state index contributed by atoms with van der Waals surface area (Å²) >= 11 is 0. The van der Waals surface area contributed by atoms with Crippen LogP contribution in [0.2, 0.25) is 0 Å². The lowest BCUT2D eigenvalue weighted by Crippen LogP contribution is -2.51. The lowest BCUT2D eigenvalue weighted by Gasteiger charge is -2.34. The van der Waals surface area contributed by atoms with Gasteiger partial charge in [-0.1, -0.05) is 42.5 Å². The number of anilines is 1. The number of amides is 2. The van der Waals surface area contributed by atoms with Crippen molar-refractivity contribution < 1.29 is 14.3 Å². The van der Waals surface area contributed by atoms with Gasteiger partial charge in [0.2, 0.25) is 0 Å². The number of benzene rings is 2. The summed E-state index contributed by atoms with van der Waals surface area (Å²) in [6.07, 6.45) is 3.14. The summed E-state index contributed by atoms with van der Waals surface area (Å²) in [5.74, 6) is 0.0644. The van der Waals surface area contributed by atoms with Crippen molar-refractivity contribution in [1.82, 2.24) is 15.1 Å². The molecule has 7 heteroatoms. The highest BCUT2D eigenvalue weighted by molar-refractivity contribution is 6.07. The maximum Gasteiger partial charge on any atom is 0.262 e. The van der Waals surface area contributed by atoms with Crippen LogP contribution in [0.3, 0.4) is 0 Å². The molecule has 1 unspecified atom stereocenters. The lowest BCUT2D eigenvalue weighted by molar-refractivity contribution is -0.127. The fraction of sp³-hybridized carbons (Fsp3) is 0.227. The fourth-order valence-corrected chi connectivity index (χ4v) is 3.34. The minimum Gasteiger partial charge on any atom is -0.477 e. The van der Waals surface area contributed by atoms with Crippen LogP contribution < -0.4 is 15.0 Å². The van der Waals surface area contributed by atoms with Crippen LogP contribution in [0.25, 0.3) is 0 Å². The van der Waals surface area contributed by atoms with E-state index in [1.54, 1.807) is 28.9 Å². The second-order valence-corrected chi connectivity index (χ2v) is 6.92. The molecular formula is C22H22N4O3. The molecule has 0 aliphatic carbocycles. The fourth-order valence-electron chi connectivity index (χ4n) is 3.34. The Kier molecular flexibility index (Phi) is 5.29. The van der Waals surface area contributed by atoms with Gasteiger partial charge in [-0.05, 0) is 24.1 Å². The maximum atomic E-state index is 13.0. The Hall–Kier alpha value is -3.61. The Bertz CT molecular complexity index is 1020. The van der Waals surface area contributed by atoms with Crippen molar-refractivity contribution in [1.29, 1.82) is 0 Å². The number of fused-ring (bicyclic) bond motifs is 1. The van der Waals surface area contributed by atoms with Gasteiger partial charge in [0.15, 0.2) is 6.10 Å². The molecule has 29 heavy (non-hydrogen) atoms. The smallest absolute Gasteiger partial charge is 0.262 e. The quantitative estimate of drug-likeness (QED) is 0.725. The topological polar surface area (TPSA) is 76.5 Å². The first kappa shape index (κ1) is 18.7. The molecule has 0 saturated carbocycles. The zero-order valence-corrected chi connectivity index (χ0v) is 16.1. The van der Waals surface area contributed by atoms with E-state index in [1.807, 2.05) is 48.5 Å². The van der Waals surface area contributed by atoms with Crippen LogP contribution in [0.1, 0.15) is 15.9 Å². The number of carbonyl (C=O) groups excluding carboxylic acids is 2. The Balaban J connectivity index is 1.47. The Morgan fingerprint density at radius 1 is 1.14 bits per heavy atom. The van der Waals surface area contributed by atoms with Gasteiger partial charge in [-0.15, -0.1) is 0 Å². The number of aromatic nitrogens is 2. The molecule has 0 spiro atoms. The number of ether oxygens (including phenoxy) is 1. The van der Waals surface area contributed by atoms with Crippen molar-refractivity contribution in [3.63, 3.8) is 0 Å². The summed E-state index contributed by atoms with van der Waals surface area (Å²) in [4.78, 5) is 27.3. The third-order valence-electron chi connectivity index (χ3n) is 4.82. The van der Waals surface area contributed by atoms with Gasteiger partial charge in [0.1, 0.15) is 5.75 Å². The molecule has 1 N–H and O–H groups in total. The number of aryl methyl sites for hydroxylation is 1. The van der Waals surface area contributed by atoms with Crippen molar-refractivity contribution in [2.75, 3.05) is 18.0 Å². The second-order valence-electron chi connectivity index (χ2n) is 6.92. The lowest BCUT2D eigenvalue weighted by atomic mass is 10.1. The highest BCUT2D eigenvalue weighted by Gasteiger charge is 2.34. The van der Waals surface area contributed by atoms with E-state index in [-0.39, 0.29) is 18.4 Å². The predicted molar refractivity (Wildman–Crippen MR) is 109 cm³/mol. The van der Waals surface area contributed by atoms with Crippen molar-refractivity contribution in [2.45, 2.75) is 12.5 Å². The minimum absolute atomic E-state index is 0.141. The van der Waals surface area contributed by atoms with E-state index in [1.165, 1.54) is 6.20 Å². The van der Waals surface area contributed by atoms with Gasteiger partial charge in [-0.25, -0.2) is 0 Å². The van der Waals surface area contributed by atoms with Gasteiger partial charge in [0, 0.05) is 19.8 Å². The SMILES string of the molecule is Cn1cc(C(=O)N2CC(C(=O)NCCc3ccccc3)Oc3ccccc32)cn1. The van der Waals surface area contributed by atoms with E-state index >= 15 is 0 Å². The number of hydrogen-bond donors (Lipinski definition) is 1. The average Bonchev–Trinajstić information content (AvgIpc) is 3.19. The van der Waals surface area contributed by atoms with Crippen molar-refractivity contribution >= 4 is 17.5 Å². The summed E-state index contributed by atoms with van der Waals surface area (Å²) in [6.45, 7) is 0.642. The van der Waals surface area contributed by atoms with E-state index in [0.29, 0.717) is 23.5 Å². The van der Waals surface area contributed by atoms with Crippen molar-refractivity contribution in [2.24, 2.45) is 7.05 Å². The standard InChI is InChI=1S/C22H22N4O3/c1-25-14-17(13-24-25)22(28)26-15-20(29-19-10-6-5-9-18(19)26)21(27)23-12-11-16-7-3-2-4-8-16/h2-10,13-14,20H,11-12,15H2,1H3,(H,23,27). The first-order chi connectivity index (χ1) is 14.1. The number of carbonyl (C=O) groups is 2. The van der Waals surface area contributed by atoms with E-state index in [0.717, 1.165) is 12.0 Å². The van der Waals surface area contributed by atoms with E-state index in [2.05, 4.69) is 10.4 Å². The Morgan fingerprint density at radius 2 is 1.90 bits per heavy atom. The number of nitrogens with zero attached hydrogens (tertiary/aromatic N) is 3.